The van der Waals surface area contributed by atoms with E-state index < -0.39 is 0 Å². The minimum Gasteiger partial charge on any atom is -0.473 e. The van der Waals surface area contributed by atoms with Gasteiger partial charge in [-0.3, -0.25) is 0 Å². The molecule has 0 spiro atoms. The Balaban J connectivity index is 2.48. The summed E-state index contributed by atoms with van der Waals surface area (Å²) in [5.74, 6) is 1.17. The van der Waals surface area contributed by atoms with Gasteiger partial charge in [-0.1, -0.05) is 26.0 Å². The van der Waals surface area contributed by atoms with E-state index in [1.807, 2.05) is 26.8 Å². The van der Waals surface area contributed by atoms with Crippen LogP contribution in [0, 0.1) is 11.8 Å². The van der Waals surface area contributed by atoms with Gasteiger partial charge in [0.1, 0.15) is 0 Å². The molecule has 0 amide bonds. The van der Waals surface area contributed by atoms with Gasteiger partial charge < -0.3 is 14.2 Å². The predicted octanol–water partition coefficient (Wildman–Crippen LogP) is 4.25. The first-order valence-electron chi connectivity index (χ1n) is 7.19. The molecule has 0 bridgehead atoms. The maximum atomic E-state index is 6.04. The Labute approximate surface area is 117 Å². The lowest BCUT2D eigenvalue weighted by molar-refractivity contribution is -0.233. The van der Waals surface area contributed by atoms with Crippen LogP contribution in [-0.2, 0) is 14.2 Å². The molecule has 3 heteroatoms. The summed E-state index contributed by atoms with van der Waals surface area (Å²) in [5, 5.41) is 0. The molecule has 1 rings (SSSR count). The summed E-state index contributed by atoms with van der Waals surface area (Å²) in [6.07, 6.45) is 6.46. The van der Waals surface area contributed by atoms with Gasteiger partial charge in [0, 0.05) is 0 Å². The van der Waals surface area contributed by atoms with E-state index in [2.05, 4.69) is 26.8 Å². The molecule has 1 aliphatic carbocycles. The molecule has 0 heterocycles. The highest BCUT2D eigenvalue weighted by atomic mass is 16.8. The molecule has 110 valence electrons. The zero-order chi connectivity index (χ0) is 14.4. The van der Waals surface area contributed by atoms with Gasteiger partial charge in [-0.05, 0) is 51.5 Å². The Morgan fingerprint density at radius 3 is 2.58 bits per heavy atom. The average Bonchev–Trinajstić information content (AvgIpc) is 2.36. The quantitative estimate of drug-likeness (QED) is 0.409. The van der Waals surface area contributed by atoms with Crippen LogP contribution in [0.3, 0.4) is 0 Å². The number of rotatable bonds is 6. The van der Waals surface area contributed by atoms with E-state index in [1.54, 1.807) is 6.26 Å². The summed E-state index contributed by atoms with van der Waals surface area (Å²) in [6.45, 7) is 12.4. The van der Waals surface area contributed by atoms with E-state index in [4.69, 9.17) is 14.2 Å². The molecule has 4 unspecified atom stereocenters. The first-order valence-corrected chi connectivity index (χ1v) is 7.19. The van der Waals surface area contributed by atoms with Crippen LogP contribution in [0.2, 0.25) is 0 Å². The number of hydrogen-bond donors (Lipinski definition) is 0. The fourth-order valence-corrected chi connectivity index (χ4v) is 2.38. The molecule has 19 heavy (non-hydrogen) atoms. The van der Waals surface area contributed by atoms with Crippen molar-refractivity contribution in [2.45, 2.75) is 66.6 Å². The van der Waals surface area contributed by atoms with Crippen LogP contribution < -0.4 is 0 Å². The van der Waals surface area contributed by atoms with Gasteiger partial charge in [-0.15, -0.1) is 0 Å². The van der Waals surface area contributed by atoms with Crippen molar-refractivity contribution in [3.05, 3.63) is 24.0 Å². The Morgan fingerprint density at radius 1 is 1.26 bits per heavy atom. The van der Waals surface area contributed by atoms with Crippen molar-refractivity contribution in [2.75, 3.05) is 0 Å². The summed E-state index contributed by atoms with van der Waals surface area (Å²) >= 11 is 0. The van der Waals surface area contributed by atoms with Crippen molar-refractivity contribution < 1.29 is 14.2 Å². The summed E-state index contributed by atoms with van der Waals surface area (Å²) in [5.41, 5.74) is 1.31. The number of allylic oxidation sites excluding steroid dienone is 2. The molecule has 0 saturated carbocycles. The van der Waals surface area contributed by atoms with Gasteiger partial charge in [0.15, 0.2) is 12.6 Å². The van der Waals surface area contributed by atoms with Gasteiger partial charge >= 0.3 is 0 Å². The SMILES string of the molecule is CC=COC(C)OC(C)O[C@H]1C(C)=CCC(C)C1C. The van der Waals surface area contributed by atoms with Crippen LogP contribution in [0.15, 0.2) is 24.0 Å². The molecule has 5 atom stereocenters. The normalized spacial score (nSPS) is 31.1. The molecule has 0 saturated heterocycles. The van der Waals surface area contributed by atoms with Crippen molar-refractivity contribution in [1.29, 1.82) is 0 Å². The summed E-state index contributed by atoms with van der Waals surface area (Å²) in [6, 6.07) is 0. The largest absolute Gasteiger partial charge is 0.473 e. The van der Waals surface area contributed by atoms with Crippen LogP contribution in [0.5, 0.6) is 0 Å². The van der Waals surface area contributed by atoms with Crippen LogP contribution in [0.4, 0.5) is 0 Å². The van der Waals surface area contributed by atoms with Crippen molar-refractivity contribution in [2.24, 2.45) is 11.8 Å². The minimum atomic E-state index is -0.299. The Kier molecular flexibility index (Phi) is 6.59. The first-order chi connectivity index (χ1) is 8.95. The standard InChI is InChI=1S/C16H28O3/c1-7-10-17-14(5)18-15(6)19-16-12(3)9-8-11(2)13(16)4/h7,9-11,13-16H,8H2,1-6H3/t11?,13?,14?,15?,16-/m0/s1. The third kappa shape index (κ3) is 5.00. The molecule has 0 aromatic heterocycles. The lowest BCUT2D eigenvalue weighted by Crippen LogP contribution is -2.35. The van der Waals surface area contributed by atoms with Crippen molar-refractivity contribution in [1.82, 2.24) is 0 Å². The van der Waals surface area contributed by atoms with Crippen molar-refractivity contribution in [3.63, 3.8) is 0 Å². The average molecular weight is 268 g/mol. The van der Waals surface area contributed by atoms with Gasteiger partial charge in [0.2, 0.25) is 0 Å². The molecule has 0 radical (unpaired) electrons. The van der Waals surface area contributed by atoms with Crippen LogP contribution >= 0.6 is 0 Å². The van der Waals surface area contributed by atoms with Gasteiger partial charge in [-0.2, -0.15) is 0 Å². The molecule has 0 fully saturated rings. The molecular formula is C16H28O3. The van der Waals surface area contributed by atoms with E-state index in [0.717, 1.165) is 6.42 Å². The summed E-state index contributed by atoms with van der Waals surface area (Å²) in [7, 11) is 0. The van der Waals surface area contributed by atoms with Crippen LogP contribution in [-0.4, -0.2) is 18.7 Å². The second kappa shape index (κ2) is 7.71. The maximum Gasteiger partial charge on any atom is 0.198 e. The monoisotopic (exact) mass is 268 g/mol. The second-order valence-corrected chi connectivity index (χ2v) is 5.45. The Hall–Kier alpha value is -0.800. The van der Waals surface area contributed by atoms with Crippen molar-refractivity contribution in [3.8, 4) is 0 Å². The lowest BCUT2D eigenvalue weighted by atomic mass is 9.80. The fourth-order valence-electron chi connectivity index (χ4n) is 2.38. The van der Waals surface area contributed by atoms with Crippen LogP contribution in [0.1, 0.15) is 48.0 Å². The zero-order valence-corrected chi connectivity index (χ0v) is 13.1. The van der Waals surface area contributed by atoms with Gasteiger partial charge in [-0.25, -0.2) is 0 Å². The fraction of sp³-hybridized carbons (Fsp3) is 0.750. The molecule has 0 N–H and O–H groups in total. The predicted molar refractivity (Wildman–Crippen MR) is 77.5 cm³/mol. The summed E-state index contributed by atoms with van der Waals surface area (Å²) < 4.78 is 17.0. The van der Waals surface area contributed by atoms with E-state index in [9.17, 15) is 0 Å². The smallest absolute Gasteiger partial charge is 0.198 e. The third-order valence-electron chi connectivity index (χ3n) is 3.76. The van der Waals surface area contributed by atoms with Crippen LogP contribution in [0.25, 0.3) is 0 Å². The first kappa shape index (κ1) is 16.3. The van der Waals surface area contributed by atoms with Crippen molar-refractivity contribution >= 4 is 0 Å². The van der Waals surface area contributed by atoms with E-state index >= 15 is 0 Å². The molecule has 1 aliphatic rings. The maximum absolute atomic E-state index is 6.04. The molecule has 0 aromatic rings. The molecule has 3 nitrogen and oxygen atoms in total. The summed E-state index contributed by atoms with van der Waals surface area (Å²) in [4.78, 5) is 0. The Morgan fingerprint density at radius 2 is 1.95 bits per heavy atom. The highest BCUT2D eigenvalue weighted by Crippen LogP contribution is 2.32. The molecular weight excluding hydrogens is 240 g/mol. The lowest BCUT2D eigenvalue weighted by Gasteiger charge is -2.35. The van der Waals surface area contributed by atoms with E-state index in [-0.39, 0.29) is 18.7 Å². The van der Waals surface area contributed by atoms with E-state index in [1.165, 1.54) is 5.57 Å². The minimum absolute atomic E-state index is 0.146. The number of hydrogen-bond acceptors (Lipinski definition) is 3. The van der Waals surface area contributed by atoms with Gasteiger partial charge in [0.25, 0.3) is 0 Å². The Bertz CT molecular complexity index is 322. The highest BCUT2D eigenvalue weighted by molar-refractivity contribution is 5.11. The molecule has 0 aromatic carbocycles. The topological polar surface area (TPSA) is 27.7 Å². The third-order valence-corrected chi connectivity index (χ3v) is 3.76. The second-order valence-electron chi connectivity index (χ2n) is 5.45. The van der Waals surface area contributed by atoms with Gasteiger partial charge in [0.05, 0.1) is 12.4 Å². The molecule has 0 aliphatic heterocycles. The zero-order valence-electron chi connectivity index (χ0n) is 13.1. The highest BCUT2D eigenvalue weighted by Gasteiger charge is 2.29. The number of ether oxygens (including phenoxy) is 3. The van der Waals surface area contributed by atoms with E-state index in [0.29, 0.717) is 11.8 Å².